The number of methoxy groups -OCH3 is 1. The number of H-pyrrole nitrogens is 1. The van der Waals surface area contributed by atoms with Crippen molar-refractivity contribution in [1.29, 1.82) is 0 Å². The van der Waals surface area contributed by atoms with E-state index in [0.717, 1.165) is 22.3 Å². The zero-order valence-electron chi connectivity index (χ0n) is 10.5. The molecule has 0 unspecified atom stereocenters. The molecule has 0 spiro atoms. The molecule has 3 rings (SSSR count). The highest BCUT2D eigenvalue weighted by molar-refractivity contribution is 7.13. The van der Waals surface area contributed by atoms with Crippen molar-refractivity contribution in [3.05, 3.63) is 17.3 Å². The van der Waals surface area contributed by atoms with Gasteiger partial charge in [-0.15, -0.1) is 11.3 Å². The van der Waals surface area contributed by atoms with Crippen LogP contribution in [0.1, 0.15) is 43.8 Å². The van der Waals surface area contributed by atoms with Crippen LogP contribution in [0, 0.1) is 0 Å². The van der Waals surface area contributed by atoms with Crippen molar-refractivity contribution in [2.45, 2.75) is 38.0 Å². The summed E-state index contributed by atoms with van der Waals surface area (Å²) in [6.45, 7) is 0. The Morgan fingerprint density at radius 1 is 1.33 bits per heavy atom. The molecule has 0 aromatic carbocycles. The second kappa shape index (κ2) is 5.10. The summed E-state index contributed by atoms with van der Waals surface area (Å²) >= 11 is 1.62. The smallest absolute Gasteiger partial charge is 0.195 e. The van der Waals surface area contributed by atoms with Gasteiger partial charge in [0.1, 0.15) is 16.5 Å². The Morgan fingerprint density at radius 2 is 2.17 bits per heavy atom. The third-order valence-corrected chi connectivity index (χ3v) is 4.44. The zero-order valence-corrected chi connectivity index (χ0v) is 11.3. The van der Waals surface area contributed by atoms with Gasteiger partial charge >= 0.3 is 0 Å². The van der Waals surface area contributed by atoms with E-state index in [1.165, 1.54) is 32.1 Å². The van der Waals surface area contributed by atoms with Gasteiger partial charge in [-0.25, -0.2) is 4.98 Å². The highest BCUT2D eigenvalue weighted by Gasteiger charge is 2.20. The van der Waals surface area contributed by atoms with Crippen LogP contribution in [0.5, 0.6) is 5.75 Å². The Hall–Kier alpha value is -1.36. The van der Waals surface area contributed by atoms with E-state index in [9.17, 15) is 0 Å². The number of aromatic nitrogens is 3. The molecule has 0 saturated heterocycles. The third kappa shape index (κ3) is 2.14. The summed E-state index contributed by atoms with van der Waals surface area (Å²) in [5.74, 6) is 3.22. The standard InChI is InChI=1S/C13H17N3OS/c1-17-10-7-8-18-11(10)13-14-12(15-16-13)9-5-3-2-4-6-9/h7-9H,2-6H2,1H3,(H,14,15,16). The normalized spacial score (nSPS) is 16.9. The average Bonchev–Trinajstić information content (AvgIpc) is 3.08. The van der Waals surface area contributed by atoms with Crippen LogP contribution in [-0.2, 0) is 0 Å². The van der Waals surface area contributed by atoms with E-state index in [0.29, 0.717) is 5.92 Å². The summed E-state index contributed by atoms with van der Waals surface area (Å²) < 4.78 is 5.31. The van der Waals surface area contributed by atoms with E-state index < -0.39 is 0 Å². The Balaban J connectivity index is 1.84. The molecule has 1 aliphatic rings. The number of ether oxygens (including phenoxy) is 1. The summed E-state index contributed by atoms with van der Waals surface area (Å²) in [6.07, 6.45) is 6.44. The number of hydrogen-bond acceptors (Lipinski definition) is 4. The molecule has 0 aliphatic heterocycles. The van der Waals surface area contributed by atoms with Gasteiger partial charge < -0.3 is 4.74 Å². The lowest BCUT2D eigenvalue weighted by molar-refractivity contribution is 0.418. The summed E-state index contributed by atoms with van der Waals surface area (Å²) in [6, 6.07) is 1.96. The predicted molar refractivity (Wildman–Crippen MR) is 72.1 cm³/mol. The van der Waals surface area contributed by atoms with Crippen LogP contribution in [0.25, 0.3) is 10.7 Å². The largest absolute Gasteiger partial charge is 0.495 e. The van der Waals surface area contributed by atoms with Crippen LogP contribution >= 0.6 is 11.3 Å². The molecule has 1 saturated carbocycles. The minimum atomic E-state index is 0.561. The molecule has 0 radical (unpaired) electrons. The van der Waals surface area contributed by atoms with Gasteiger partial charge in [-0.05, 0) is 24.3 Å². The summed E-state index contributed by atoms with van der Waals surface area (Å²) in [5, 5.41) is 9.45. The first-order chi connectivity index (χ1) is 8.88. The molecule has 2 aromatic heterocycles. The molecule has 0 atom stereocenters. The maximum Gasteiger partial charge on any atom is 0.195 e. The molecule has 1 N–H and O–H groups in total. The maximum atomic E-state index is 5.31. The van der Waals surface area contributed by atoms with E-state index in [1.54, 1.807) is 18.4 Å². The van der Waals surface area contributed by atoms with Gasteiger partial charge in [0.25, 0.3) is 0 Å². The van der Waals surface area contributed by atoms with Crippen molar-refractivity contribution in [2.75, 3.05) is 7.11 Å². The van der Waals surface area contributed by atoms with Crippen molar-refractivity contribution < 1.29 is 4.74 Å². The number of hydrogen-bond donors (Lipinski definition) is 1. The van der Waals surface area contributed by atoms with Crippen LogP contribution in [0.2, 0.25) is 0 Å². The fraction of sp³-hybridized carbons (Fsp3) is 0.538. The lowest BCUT2D eigenvalue weighted by Gasteiger charge is -2.18. The van der Waals surface area contributed by atoms with Crippen molar-refractivity contribution in [2.24, 2.45) is 0 Å². The predicted octanol–water partition coefficient (Wildman–Crippen LogP) is 3.59. The number of nitrogens with zero attached hydrogens (tertiary/aromatic N) is 2. The molecule has 1 fully saturated rings. The van der Waals surface area contributed by atoms with Crippen LogP contribution in [-0.4, -0.2) is 22.3 Å². The van der Waals surface area contributed by atoms with Crippen molar-refractivity contribution in [1.82, 2.24) is 15.2 Å². The van der Waals surface area contributed by atoms with Crippen LogP contribution in [0.15, 0.2) is 11.4 Å². The van der Waals surface area contributed by atoms with Gasteiger partial charge in [0.2, 0.25) is 0 Å². The molecule has 0 bridgehead atoms. The molecule has 18 heavy (non-hydrogen) atoms. The molecular formula is C13H17N3OS. The summed E-state index contributed by atoms with van der Waals surface area (Å²) in [5.41, 5.74) is 0. The molecule has 96 valence electrons. The summed E-state index contributed by atoms with van der Waals surface area (Å²) in [4.78, 5) is 5.66. The van der Waals surface area contributed by atoms with Crippen LogP contribution < -0.4 is 4.74 Å². The highest BCUT2D eigenvalue weighted by atomic mass is 32.1. The Bertz CT molecular complexity index is 514. The SMILES string of the molecule is COc1ccsc1-c1n[nH]c(C2CCCCC2)n1. The Labute approximate surface area is 110 Å². The van der Waals surface area contributed by atoms with Gasteiger partial charge in [-0.1, -0.05) is 19.3 Å². The molecule has 5 heteroatoms. The van der Waals surface area contributed by atoms with E-state index in [2.05, 4.69) is 15.2 Å². The number of aromatic amines is 1. The van der Waals surface area contributed by atoms with Gasteiger partial charge in [-0.3, -0.25) is 5.10 Å². The second-order valence-corrected chi connectivity index (χ2v) is 5.61. The Kier molecular flexibility index (Phi) is 3.32. The van der Waals surface area contributed by atoms with Crippen molar-refractivity contribution in [3.8, 4) is 16.5 Å². The lowest BCUT2D eigenvalue weighted by Crippen LogP contribution is -2.06. The van der Waals surface area contributed by atoms with Gasteiger partial charge in [0.15, 0.2) is 5.82 Å². The van der Waals surface area contributed by atoms with Gasteiger partial charge in [-0.2, -0.15) is 5.10 Å². The van der Waals surface area contributed by atoms with E-state index in [-0.39, 0.29) is 0 Å². The quantitative estimate of drug-likeness (QED) is 0.920. The minimum absolute atomic E-state index is 0.561. The van der Waals surface area contributed by atoms with E-state index in [4.69, 9.17) is 4.74 Å². The molecule has 2 aromatic rings. The second-order valence-electron chi connectivity index (χ2n) is 4.70. The first-order valence-electron chi connectivity index (χ1n) is 6.42. The van der Waals surface area contributed by atoms with E-state index >= 15 is 0 Å². The molecule has 2 heterocycles. The maximum absolute atomic E-state index is 5.31. The van der Waals surface area contributed by atoms with Crippen molar-refractivity contribution in [3.63, 3.8) is 0 Å². The average molecular weight is 263 g/mol. The fourth-order valence-electron chi connectivity index (χ4n) is 2.56. The van der Waals surface area contributed by atoms with Gasteiger partial charge in [0.05, 0.1) is 7.11 Å². The first-order valence-corrected chi connectivity index (χ1v) is 7.30. The lowest BCUT2D eigenvalue weighted by atomic mass is 9.89. The van der Waals surface area contributed by atoms with E-state index in [1.807, 2.05) is 11.4 Å². The van der Waals surface area contributed by atoms with Crippen LogP contribution in [0.3, 0.4) is 0 Å². The van der Waals surface area contributed by atoms with Crippen LogP contribution in [0.4, 0.5) is 0 Å². The molecule has 0 amide bonds. The topological polar surface area (TPSA) is 50.8 Å². The zero-order chi connectivity index (χ0) is 12.4. The number of rotatable bonds is 3. The van der Waals surface area contributed by atoms with Gasteiger partial charge in [0, 0.05) is 5.92 Å². The number of thiophene rings is 1. The highest BCUT2D eigenvalue weighted by Crippen LogP contribution is 2.35. The molecular weight excluding hydrogens is 246 g/mol. The fourth-order valence-corrected chi connectivity index (χ4v) is 3.35. The number of nitrogens with one attached hydrogen (secondary N) is 1. The monoisotopic (exact) mass is 263 g/mol. The van der Waals surface area contributed by atoms with Crippen molar-refractivity contribution >= 4 is 11.3 Å². The molecule has 4 nitrogen and oxygen atoms in total. The Morgan fingerprint density at radius 3 is 2.94 bits per heavy atom. The summed E-state index contributed by atoms with van der Waals surface area (Å²) in [7, 11) is 1.68. The third-order valence-electron chi connectivity index (χ3n) is 3.55. The molecule has 1 aliphatic carbocycles. The minimum Gasteiger partial charge on any atom is -0.495 e. The first kappa shape index (κ1) is 11.7.